The predicted molar refractivity (Wildman–Crippen MR) is 130 cm³/mol. The Morgan fingerprint density at radius 1 is 1.22 bits per heavy atom. The first kappa shape index (κ1) is 25.4. The Kier molecular flexibility index (Phi) is 6.83. The van der Waals surface area contributed by atoms with Crippen molar-refractivity contribution < 1.29 is 28.2 Å². The van der Waals surface area contributed by atoms with Crippen molar-refractivity contribution in [3.63, 3.8) is 0 Å². The lowest BCUT2D eigenvalue weighted by molar-refractivity contribution is -0.147. The highest BCUT2D eigenvalue weighted by Crippen LogP contribution is 2.36. The Hall–Kier alpha value is -3.20. The Bertz CT molecular complexity index is 1300. The van der Waals surface area contributed by atoms with Crippen LogP contribution in [0.15, 0.2) is 6.07 Å². The summed E-state index contributed by atoms with van der Waals surface area (Å²) in [5.74, 6) is 0.297. The van der Waals surface area contributed by atoms with Crippen LogP contribution in [0.4, 0.5) is 29.7 Å². The van der Waals surface area contributed by atoms with Crippen LogP contribution in [0.5, 0.6) is 0 Å². The number of aryl methyl sites for hydroxylation is 1. The topological polar surface area (TPSA) is 124 Å². The maximum absolute atomic E-state index is 13.3. The Morgan fingerprint density at radius 3 is 2.73 bits per heavy atom. The maximum atomic E-state index is 13.3. The number of carboxylic acid groups (broad SMARTS) is 1. The highest BCUT2D eigenvalue weighted by atomic mass is 32.1. The smallest absolute Gasteiger partial charge is 0.451 e. The monoisotopic (exact) mass is 540 g/mol. The molecule has 2 aliphatic rings. The summed E-state index contributed by atoms with van der Waals surface area (Å²) in [6, 6.07) is 1.74. The largest absolute Gasteiger partial charge is 0.465 e. The summed E-state index contributed by atoms with van der Waals surface area (Å²) in [6.07, 6.45) is -3.26. The average molecular weight is 541 g/mol. The number of aliphatic hydroxyl groups is 1. The van der Waals surface area contributed by atoms with Gasteiger partial charge < -0.3 is 29.5 Å². The molecule has 200 valence electrons. The van der Waals surface area contributed by atoms with Crippen LogP contribution < -0.4 is 9.80 Å². The second kappa shape index (κ2) is 9.93. The fourth-order valence-electron chi connectivity index (χ4n) is 4.97. The molecule has 11 nitrogen and oxygen atoms in total. The zero-order valence-corrected chi connectivity index (χ0v) is 21.0. The first-order valence-electron chi connectivity index (χ1n) is 12.1. The van der Waals surface area contributed by atoms with Crippen molar-refractivity contribution in [3.8, 4) is 0 Å². The van der Waals surface area contributed by atoms with Gasteiger partial charge in [0.05, 0.1) is 24.6 Å². The summed E-state index contributed by atoms with van der Waals surface area (Å²) < 4.78 is 41.0. The number of aromatic nitrogens is 5. The molecule has 0 aliphatic carbocycles. The molecule has 2 N–H and O–H groups in total. The highest BCUT2D eigenvalue weighted by molar-refractivity contribution is 7.18. The lowest BCUT2D eigenvalue weighted by atomic mass is 10.2. The zero-order chi connectivity index (χ0) is 26.3. The third-order valence-electron chi connectivity index (χ3n) is 6.69. The number of halogens is 3. The molecule has 0 unspecified atom stereocenters. The Morgan fingerprint density at radius 2 is 2.03 bits per heavy atom. The molecule has 3 aromatic rings. The van der Waals surface area contributed by atoms with Crippen LogP contribution in [-0.4, -0.2) is 84.8 Å². The molecule has 5 heterocycles. The van der Waals surface area contributed by atoms with E-state index in [1.807, 2.05) is 15.9 Å². The van der Waals surface area contributed by atoms with E-state index in [0.29, 0.717) is 37.8 Å². The van der Waals surface area contributed by atoms with Crippen LogP contribution in [0.3, 0.4) is 0 Å². The number of hydrogen-bond donors (Lipinski definition) is 2. The second-order valence-electron chi connectivity index (χ2n) is 9.13. The molecular weight excluding hydrogens is 513 g/mol. The van der Waals surface area contributed by atoms with Gasteiger partial charge in [-0.2, -0.15) is 18.2 Å². The molecule has 15 heteroatoms. The predicted octanol–water partition coefficient (Wildman–Crippen LogP) is 2.83. The zero-order valence-electron chi connectivity index (χ0n) is 20.1. The van der Waals surface area contributed by atoms with Crippen LogP contribution in [0, 0.1) is 0 Å². The maximum Gasteiger partial charge on any atom is 0.451 e. The fourth-order valence-corrected chi connectivity index (χ4v) is 6.08. The Balaban J connectivity index is 1.48. The standard InChI is InChI=1S/C22H27F3N8O3S/c1-2-3-14-10-15-17(30-6-7-33-16(12-30)28-29-19(33)22(23,24)25)26-20(27-18(15)37-14)31-5-4-13(11-31)32(8-9-34)21(35)36/h10,13,34H,2-9,11-12H2,1H3,(H,35,36)/t13-/m0/s1. The fraction of sp³-hybridized carbons (Fsp3) is 0.591. The molecule has 3 aromatic heterocycles. The molecule has 0 radical (unpaired) electrons. The third-order valence-corrected chi connectivity index (χ3v) is 7.78. The lowest BCUT2D eigenvalue weighted by Crippen LogP contribution is -2.43. The summed E-state index contributed by atoms with van der Waals surface area (Å²) in [5, 5.41) is 26.8. The van der Waals surface area contributed by atoms with Gasteiger partial charge in [0.25, 0.3) is 0 Å². The molecule has 1 atom stereocenters. The van der Waals surface area contributed by atoms with Gasteiger partial charge in [0.15, 0.2) is 5.82 Å². The van der Waals surface area contributed by atoms with Crippen LogP contribution in [0.25, 0.3) is 10.2 Å². The van der Waals surface area contributed by atoms with E-state index in [1.54, 1.807) is 11.3 Å². The van der Waals surface area contributed by atoms with Crippen molar-refractivity contribution >= 4 is 39.4 Å². The average Bonchev–Trinajstić information content (AvgIpc) is 3.58. The van der Waals surface area contributed by atoms with Gasteiger partial charge in [0.1, 0.15) is 10.6 Å². The van der Waals surface area contributed by atoms with E-state index in [4.69, 9.17) is 9.97 Å². The van der Waals surface area contributed by atoms with E-state index in [1.165, 1.54) is 4.90 Å². The normalized spacial score (nSPS) is 18.0. The molecule has 0 spiro atoms. The molecule has 0 bridgehead atoms. The van der Waals surface area contributed by atoms with Crippen molar-refractivity contribution in [3.05, 3.63) is 22.6 Å². The third kappa shape index (κ3) is 4.89. The molecule has 0 saturated carbocycles. The van der Waals surface area contributed by atoms with Gasteiger partial charge >= 0.3 is 12.3 Å². The van der Waals surface area contributed by atoms with Crippen LogP contribution in [-0.2, 0) is 25.7 Å². The summed E-state index contributed by atoms with van der Waals surface area (Å²) >= 11 is 1.56. The molecule has 1 fully saturated rings. The van der Waals surface area contributed by atoms with Crippen molar-refractivity contribution in [1.82, 2.24) is 29.6 Å². The Labute approximate surface area is 214 Å². The van der Waals surface area contributed by atoms with Gasteiger partial charge in [-0.1, -0.05) is 13.3 Å². The minimum Gasteiger partial charge on any atom is -0.465 e. The van der Waals surface area contributed by atoms with Crippen molar-refractivity contribution in [2.75, 3.05) is 42.6 Å². The van der Waals surface area contributed by atoms with Gasteiger partial charge in [0, 0.05) is 37.6 Å². The number of nitrogens with zero attached hydrogens (tertiary/aromatic N) is 8. The number of anilines is 2. The van der Waals surface area contributed by atoms with Gasteiger partial charge in [-0.05, 0) is 18.9 Å². The number of aliphatic hydroxyl groups excluding tert-OH is 1. The van der Waals surface area contributed by atoms with E-state index in [0.717, 1.165) is 32.5 Å². The first-order chi connectivity index (χ1) is 17.7. The number of fused-ring (bicyclic) bond motifs is 2. The number of alkyl halides is 3. The van der Waals surface area contributed by atoms with Crippen molar-refractivity contribution in [1.29, 1.82) is 0 Å². The van der Waals surface area contributed by atoms with E-state index in [9.17, 15) is 28.2 Å². The van der Waals surface area contributed by atoms with Crippen LogP contribution in [0.2, 0.25) is 0 Å². The molecule has 0 aromatic carbocycles. The van der Waals surface area contributed by atoms with E-state index in [-0.39, 0.29) is 38.1 Å². The molecule has 1 amide bonds. The SMILES string of the molecule is CCCc1cc2c(N3CCn4c(nnc4C(F)(F)F)C3)nc(N3CC[C@H](N(CCO)C(=O)O)C3)nc2s1. The van der Waals surface area contributed by atoms with E-state index < -0.39 is 18.1 Å². The summed E-state index contributed by atoms with van der Waals surface area (Å²) in [7, 11) is 0. The number of thiophene rings is 1. The number of amides is 1. The lowest BCUT2D eigenvalue weighted by Gasteiger charge is -2.30. The van der Waals surface area contributed by atoms with Gasteiger partial charge in [-0.3, -0.25) is 0 Å². The summed E-state index contributed by atoms with van der Waals surface area (Å²) in [4.78, 5) is 28.3. The minimum atomic E-state index is -4.57. The van der Waals surface area contributed by atoms with Crippen LogP contribution in [0.1, 0.15) is 36.3 Å². The summed E-state index contributed by atoms with van der Waals surface area (Å²) in [5.41, 5.74) is 0. The van der Waals surface area contributed by atoms with Gasteiger partial charge in [-0.25, -0.2) is 9.78 Å². The first-order valence-corrected chi connectivity index (χ1v) is 12.9. The van der Waals surface area contributed by atoms with Crippen molar-refractivity contribution in [2.24, 2.45) is 0 Å². The summed E-state index contributed by atoms with van der Waals surface area (Å²) in [6.45, 7) is 3.27. The minimum absolute atomic E-state index is 0.0264. The van der Waals surface area contributed by atoms with E-state index in [2.05, 4.69) is 17.1 Å². The quantitative estimate of drug-likeness (QED) is 0.466. The number of hydrogen-bond acceptors (Lipinski definition) is 9. The van der Waals surface area contributed by atoms with Crippen LogP contribution >= 0.6 is 11.3 Å². The highest BCUT2D eigenvalue weighted by Gasteiger charge is 2.40. The molecule has 5 rings (SSSR count). The molecule has 1 saturated heterocycles. The number of rotatable bonds is 7. The number of carbonyl (C=O) groups is 1. The molecular formula is C22H27F3N8O3S. The van der Waals surface area contributed by atoms with Gasteiger partial charge in [-0.15, -0.1) is 21.5 Å². The van der Waals surface area contributed by atoms with Crippen molar-refractivity contribution in [2.45, 2.75) is 51.5 Å². The molecule has 2 aliphatic heterocycles. The molecule has 37 heavy (non-hydrogen) atoms. The van der Waals surface area contributed by atoms with Gasteiger partial charge in [0.2, 0.25) is 11.8 Å². The van der Waals surface area contributed by atoms with E-state index >= 15 is 0 Å². The second-order valence-corrected chi connectivity index (χ2v) is 10.2.